The summed E-state index contributed by atoms with van der Waals surface area (Å²) < 4.78 is 6.20. The zero-order valence-corrected chi connectivity index (χ0v) is 14.3. The molecular weight excluding hydrogens is 370 g/mol. The number of carbonyl (C=O) groups is 2. The summed E-state index contributed by atoms with van der Waals surface area (Å²) in [5, 5.41) is 0. The van der Waals surface area contributed by atoms with Crippen molar-refractivity contribution in [2.24, 2.45) is 0 Å². The van der Waals surface area contributed by atoms with E-state index in [1.54, 1.807) is 4.90 Å². The zero-order valence-electron chi connectivity index (χ0n) is 12.7. The zero-order chi connectivity index (χ0) is 16.7. The van der Waals surface area contributed by atoms with Crippen LogP contribution < -0.4 is 4.90 Å². The standard InChI is InChI=1S/C19H14BrNO3/c20-13-6-8-14(9-7-13)21-16-11-24-19(23)18(16)15(10-17(21)22)12-4-2-1-3-5-12/h1-9,15H,10-11H2. The van der Waals surface area contributed by atoms with Gasteiger partial charge in [0, 0.05) is 22.5 Å². The summed E-state index contributed by atoms with van der Waals surface area (Å²) in [7, 11) is 0. The van der Waals surface area contributed by atoms with E-state index in [-0.39, 0.29) is 30.8 Å². The smallest absolute Gasteiger partial charge is 0.336 e. The number of cyclic esters (lactones) is 1. The number of esters is 1. The molecule has 2 aliphatic heterocycles. The van der Waals surface area contributed by atoms with Crippen LogP contribution in [0.25, 0.3) is 0 Å². The van der Waals surface area contributed by atoms with E-state index >= 15 is 0 Å². The van der Waals surface area contributed by atoms with Crippen LogP contribution in [0.5, 0.6) is 0 Å². The van der Waals surface area contributed by atoms with Crippen LogP contribution in [0, 0.1) is 0 Å². The van der Waals surface area contributed by atoms with Gasteiger partial charge in [0.2, 0.25) is 5.91 Å². The largest absolute Gasteiger partial charge is 0.456 e. The molecule has 2 aliphatic rings. The first-order valence-corrected chi connectivity index (χ1v) is 8.48. The van der Waals surface area contributed by atoms with E-state index in [1.165, 1.54) is 0 Å². The monoisotopic (exact) mass is 383 g/mol. The number of carbonyl (C=O) groups excluding carboxylic acids is 2. The number of amides is 1. The minimum Gasteiger partial charge on any atom is -0.456 e. The van der Waals surface area contributed by atoms with Crippen molar-refractivity contribution in [3.05, 3.63) is 75.9 Å². The molecule has 5 heteroatoms. The molecule has 24 heavy (non-hydrogen) atoms. The molecule has 120 valence electrons. The average Bonchev–Trinajstić information content (AvgIpc) is 2.98. The van der Waals surface area contributed by atoms with Crippen molar-refractivity contribution in [2.45, 2.75) is 12.3 Å². The summed E-state index contributed by atoms with van der Waals surface area (Å²) in [6.45, 7) is 0.138. The Kier molecular flexibility index (Phi) is 3.73. The molecule has 2 heterocycles. The van der Waals surface area contributed by atoms with Crippen LogP contribution in [0.3, 0.4) is 0 Å². The van der Waals surface area contributed by atoms with Crippen LogP contribution >= 0.6 is 15.9 Å². The number of ether oxygens (including phenoxy) is 1. The van der Waals surface area contributed by atoms with Gasteiger partial charge in [-0.3, -0.25) is 9.69 Å². The van der Waals surface area contributed by atoms with Gasteiger partial charge in [-0.05, 0) is 29.8 Å². The van der Waals surface area contributed by atoms with E-state index in [2.05, 4.69) is 15.9 Å². The Morgan fingerprint density at radius 2 is 1.71 bits per heavy atom. The molecule has 0 aliphatic carbocycles. The number of benzene rings is 2. The van der Waals surface area contributed by atoms with Crippen molar-refractivity contribution < 1.29 is 14.3 Å². The van der Waals surface area contributed by atoms with Crippen LogP contribution in [-0.2, 0) is 14.3 Å². The van der Waals surface area contributed by atoms with Gasteiger partial charge in [-0.2, -0.15) is 0 Å². The Morgan fingerprint density at radius 3 is 2.42 bits per heavy atom. The summed E-state index contributed by atoms with van der Waals surface area (Å²) in [6, 6.07) is 17.1. The van der Waals surface area contributed by atoms with Crippen molar-refractivity contribution in [2.75, 3.05) is 11.5 Å². The molecule has 0 fully saturated rings. The maximum absolute atomic E-state index is 12.8. The lowest BCUT2D eigenvalue weighted by atomic mass is 9.84. The Labute approximate surface area is 147 Å². The van der Waals surface area contributed by atoms with E-state index in [0.717, 1.165) is 15.7 Å². The Bertz CT molecular complexity index is 843. The number of anilines is 1. The molecule has 0 aromatic heterocycles. The van der Waals surface area contributed by atoms with Gasteiger partial charge in [0.05, 0.1) is 11.3 Å². The maximum atomic E-state index is 12.8. The van der Waals surface area contributed by atoms with Crippen LogP contribution in [0.4, 0.5) is 5.69 Å². The van der Waals surface area contributed by atoms with Crippen LogP contribution in [0.1, 0.15) is 17.9 Å². The molecule has 1 amide bonds. The molecule has 0 bridgehead atoms. The molecular formula is C19H14BrNO3. The highest BCUT2D eigenvalue weighted by molar-refractivity contribution is 9.10. The normalized spacial score (nSPS) is 20.2. The number of rotatable bonds is 2. The minimum absolute atomic E-state index is 0.0248. The van der Waals surface area contributed by atoms with Crippen LogP contribution in [-0.4, -0.2) is 18.5 Å². The SMILES string of the molecule is O=C1OCC2=C1C(c1ccccc1)CC(=O)N2c1ccc(Br)cc1. The molecule has 0 saturated carbocycles. The van der Waals surface area contributed by atoms with Gasteiger partial charge in [-0.1, -0.05) is 46.3 Å². The van der Waals surface area contributed by atoms with Gasteiger partial charge in [-0.25, -0.2) is 4.79 Å². The molecule has 0 spiro atoms. The first kappa shape index (κ1) is 15.1. The first-order chi connectivity index (χ1) is 11.6. The fourth-order valence-electron chi connectivity index (χ4n) is 3.31. The van der Waals surface area contributed by atoms with Crippen molar-refractivity contribution in [1.82, 2.24) is 0 Å². The summed E-state index contributed by atoms with van der Waals surface area (Å²) >= 11 is 3.40. The highest BCUT2D eigenvalue weighted by Gasteiger charge is 2.42. The predicted molar refractivity (Wildman–Crippen MR) is 93.4 cm³/mol. The fourth-order valence-corrected chi connectivity index (χ4v) is 3.58. The lowest BCUT2D eigenvalue weighted by Gasteiger charge is -2.31. The second-order valence-corrected chi connectivity index (χ2v) is 6.73. The maximum Gasteiger partial charge on any atom is 0.336 e. The van der Waals surface area contributed by atoms with Gasteiger partial charge in [0.15, 0.2) is 0 Å². The van der Waals surface area contributed by atoms with Crippen LogP contribution in [0.2, 0.25) is 0 Å². The molecule has 0 radical (unpaired) electrons. The first-order valence-electron chi connectivity index (χ1n) is 7.69. The summed E-state index contributed by atoms with van der Waals surface area (Å²) in [5.74, 6) is -0.591. The van der Waals surface area contributed by atoms with Crippen molar-refractivity contribution >= 4 is 33.5 Å². The van der Waals surface area contributed by atoms with Gasteiger partial charge in [-0.15, -0.1) is 0 Å². The highest BCUT2D eigenvalue weighted by atomic mass is 79.9. The molecule has 0 N–H and O–H groups in total. The topological polar surface area (TPSA) is 46.6 Å². The summed E-state index contributed by atoms with van der Waals surface area (Å²) in [5.41, 5.74) is 2.98. The van der Waals surface area contributed by atoms with Crippen LogP contribution in [0.15, 0.2) is 70.3 Å². The van der Waals surface area contributed by atoms with Gasteiger partial charge in [0.1, 0.15) is 6.61 Å². The number of nitrogens with zero attached hydrogens (tertiary/aromatic N) is 1. The molecule has 4 rings (SSSR count). The quantitative estimate of drug-likeness (QED) is 0.741. The average molecular weight is 384 g/mol. The third-order valence-corrected chi connectivity index (χ3v) is 4.93. The van der Waals surface area contributed by atoms with Crippen molar-refractivity contribution in [3.63, 3.8) is 0 Å². The third kappa shape index (κ3) is 2.45. The fraction of sp³-hybridized carbons (Fsp3) is 0.158. The van der Waals surface area contributed by atoms with Gasteiger partial charge in [0.25, 0.3) is 0 Å². The van der Waals surface area contributed by atoms with E-state index in [9.17, 15) is 9.59 Å². The summed E-state index contributed by atoms with van der Waals surface area (Å²) in [4.78, 5) is 26.7. The Morgan fingerprint density at radius 1 is 1.00 bits per heavy atom. The van der Waals surface area contributed by atoms with Gasteiger partial charge < -0.3 is 4.74 Å². The van der Waals surface area contributed by atoms with E-state index in [4.69, 9.17) is 4.74 Å². The molecule has 0 saturated heterocycles. The third-order valence-electron chi connectivity index (χ3n) is 4.40. The van der Waals surface area contributed by atoms with E-state index in [0.29, 0.717) is 11.3 Å². The Hall–Kier alpha value is -2.40. The molecule has 1 unspecified atom stereocenters. The molecule has 4 nitrogen and oxygen atoms in total. The van der Waals surface area contributed by atoms with Gasteiger partial charge >= 0.3 is 5.97 Å². The van der Waals surface area contributed by atoms with E-state index < -0.39 is 0 Å². The molecule has 1 atom stereocenters. The van der Waals surface area contributed by atoms with Crippen molar-refractivity contribution in [1.29, 1.82) is 0 Å². The molecule has 2 aromatic rings. The second kappa shape index (κ2) is 5.91. The number of halogens is 1. The second-order valence-electron chi connectivity index (χ2n) is 5.81. The minimum atomic E-state index is -0.325. The highest BCUT2D eigenvalue weighted by Crippen LogP contribution is 2.41. The summed E-state index contributed by atoms with van der Waals surface area (Å²) in [6.07, 6.45) is 0.258. The predicted octanol–water partition coefficient (Wildman–Crippen LogP) is 3.78. The molecule has 2 aromatic carbocycles. The van der Waals surface area contributed by atoms with Crippen molar-refractivity contribution in [3.8, 4) is 0 Å². The number of hydrogen-bond acceptors (Lipinski definition) is 3. The Balaban J connectivity index is 1.83. The lowest BCUT2D eigenvalue weighted by molar-refractivity contribution is -0.136. The van der Waals surface area contributed by atoms with E-state index in [1.807, 2.05) is 54.6 Å². The lowest BCUT2D eigenvalue weighted by Crippen LogP contribution is -2.37. The number of hydrogen-bond donors (Lipinski definition) is 0.